The molecular weight excluding hydrogens is 396 g/mol. The number of benzene rings is 2. The second-order valence-electron chi connectivity index (χ2n) is 5.58. The molecule has 2 rings (SSSR count). The van der Waals surface area contributed by atoms with Crippen molar-refractivity contribution < 1.29 is 14.3 Å². The first kappa shape index (κ1) is 19.7. The zero-order chi connectivity index (χ0) is 18.9. The number of ether oxygens (including phenoxy) is 2. The minimum Gasteiger partial charge on any atom is -0.493 e. The zero-order valence-corrected chi connectivity index (χ0v) is 16.3. The van der Waals surface area contributed by atoms with E-state index in [1.54, 1.807) is 19.2 Å². The van der Waals surface area contributed by atoms with Gasteiger partial charge in [0.2, 0.25) is 0 Å². The Labute approximate surface area is 162 Å². The molecule has 2 amide bonds. The first-order valence-corrected chi connectivity index (χ1v) is 8.85. The van der Waals surface area contributed by atoms with E-state index < -0.39 is 0 Å². The third-order valence-electron chi connectivity index (χ3n) is 3.69. The van der Waals surface area contributed by atoms with Gasteiger partial charge in [0.1, 0.15) is 6.61 Å². The summed E-state index contributed by atoms with van der Waals surface area (Å²) < 4.78 is 11.7. The molecule has 0 aliphatic heterocycles. The van der Waals surface area contributed by atoms with Gasteiger partial charge in [0.05, 0.1) is 13.2 Å². The largest absolute Gasteiger partial charge is 0.493 e. The van der Waals surface area contributed by atoms with Crippen LogP contribution < -0.4 is 20.1 Å². The summed E-state index contributed by atoms with van der Waals surface area (Å²) >= 11 is 3.43. The maximum Gasteiger partial charge on any atom is 0.315 e. The van der Waals surface area contributed by atoms with Gasteiger partial charge in [0.15, 0.2) is 11.5 Å². The highest BCUT2D eigenvalue weighted by Crippen LogP contribution is 2.28. The van der Waals surface area contributed by atoms with Gasteiger partial charge in [-0.3, -0.25) is 0 Å². The van der Waals surface area contributed by atoms with Gasteiger partial charge in [-0.15, -0.1) is 6.42 Å². The topological polar surface area (TPSA) is 59.6 Å². The molecule has 0 radical (unpaired) electrons. The van der Waals surface area contributed by atoms with E-state index in [0.29, 0.717) is 18.0 Å². The number of halogens is 1. The first-order chi connectivity index (χ1) is 12.5. The summed E-state index contributed by atoms with van der Waals surface area (Å²) in [7, 11) is 1.56. The number of carbonyl (C=O) groups is 1. The van der Waals surface area contributed by atoms with Gasteiger partial charge >= 0.3 is 6.03 Å². The quantitative estimate of drug-likeness (QED) is 0.669. The number of carbonyl (C=O) groups excluding carboxylic acids is 1. The fourth-order valence-electron chi connectivity index (χ4n) is 2.35. The minimum atomic E-state index is -0.251. The molecule has 0 aromatic heterocycles. The Bertz CT molecular complexity index is 802. The standard InChI is InChI=1S/C20H21BrN2O3/c1-4-10-26-19-11-15(8-9-18(19)25-3)13-22-20(24)23-14(2)16-6-5-7-17(21)12-16/h1,5-9,11-12,14H,10,13H2,2-3H3,(H2,22,23,24). The van der Waals surface area contributed by atoms with E-state index in [2.05, 4.69) is 32.5 Å². The summed E-state index contributed by atoms with van der Waals surface area (Å²) in [6.07, 6.45) is 5.22. The molecule has 0 saturated carbocycles. The number of urea groups is 1. The number of hydrogen-bond acceptors (Lipinski definition) is 3. The molecule has 0 spiro atoms. The Hall–Kier alpha value is -2.65. The Kier molecular flexibility index (Phi) is 7.37. The van der Waals surface area contributed by atoms with E-state index in [1.807, 2.05) is 37.3 Å². The molecule has 0 saturated heterocycles. The second-order valence-corrected chi connectivity index (χ2v) is 6.50. The van der Waals surface area contributed by atoms with Crippen LogP contribution in [0.3, 0.4) is 0 Å². The number of terminal acetylenes is 1. The summed E-state index contributed by atoms with van der Waals surface area (Å²) in [5.41, 5.74) is 1.90. The SMILES string of the molecule is C#CCOc1cc(CNC(=O)NC(C)c2cccc(Br)c2)ccc1OC. The Morgan fingerprint density at radius 1 is 1.27 bits per heavy atom. The van der Waals surface area contributed by atoms with Crippen LogP contribution in [0.1, 0.15) is 24.1 Å². The average molecular weight is 417 g/mol. The molecular formula is C20H21BrN2O3. The lowest BCUT2D eigenvalue weighted by atomic mass is 10.1. The average Bonchev–Trinajstić information content (AvgIpc) is 2.64. The molecule has 0 bridgehead atoms. The van der Waals surface area contributed by atoms with Crippen LogP contribution in [0.5, 0.6) is 11.5 Å². The van der Waals surface area contributed by atoms with Gasteiger partial charge in [0, 0.05) is 11.0 Å². The van der Waals surface area contributed by atoms with Crippen LogP contribution >= 0.6 is 15.9 Å². The van der Waals surface area contributed by atoms with Crippen LogP contribution in [0.2, 0.25) is 0 Å². The van der Waals surface area contributed by atoms with Gasteiger partial charge in [-0.2, -0.15) is 0 Å². The van der Waals surface area contributed by atoms with Crippen molar-refractivity contribution in [3.63, 3.8) is 0 Å². The molecule has 1 atom stereocenters. The number of nitrogens with one attached hydrogen (secondary N) is 2. The second kappa shape index (κ2) is 9.73. The molecule has 0 aliphatic rings. The molecule has 6 heteroatoms. The lowest BCUT2D eigenvalue weighted by Crippen LogP contribution is -2.36. The maximum absolute atomic E-state index is 12.1. The van der Waals surface area contributed by atoms with Crippen LogP contribution in [0.4, 0.5) is 4.79 Å². The van der Waals surface area contributed by atoms with Crippen LogP contribution in [0.15, 0.2) is 46.9 Å². The van der Waals surface area contributed by atoms with Crippen LogP contribution in [-0.2, 0) is 6.54 Å². The van der Waals surface area contributed by atoms with Crippen LogP contribution in [0, 0.1) is 12.3 Å². The number of amides is 2. The monoisotopic (exact) mass is 416 g/mol. The third-order valence-corrected chi connectivity index (χ3v) is 4.18. The number of methoxy groups -OCH3 is 1. The summed E-state index contributed by atoms with van der Waals surface area (Å²) in [6.45, 7) is 2.44. The molecule has 0 heterocycles. The lowest BCUT2D eigenvalue weighted by Gasteiger charge is -2.16. The highest BCUT2D eigenvalue weighted by atomic mass is 79.9. The predicted octanol–water partition coefficient (Wildman–Crippen LogP) is 4.03. The van der Waals surface area contributed by atoms with Crippen molar-refractivity contribution in [3.8, 4) is 23.8 Å². The fourth-order valence-corrected chi connectivity index (χ4v) is 2.77. The molecule has 0 aliphatic carbocycles. The molecule has 5 nitrogen and oxygen atoms in total. The van der Waals surface area contributed by atoms with Gasteiger partial charge in [-0.1, -0.05) is 40.0 Å². The number of hydrogen-bond donors (Lipinski definition) is 2. The van der Waals surface area contributed by atoms with Crippen molar-refractivity contribution in [2.24, 2.45) is 0 Å². The highest BCUT2D eigenvalue weighted by Gasteiger charge is 2.10. The van der Waals surface area contributed by atoms with E-state index in [-0.39, 0.29) is 18.7 Å². The van der Waals surface area contributed by atoms with Crippen molar-refractivity contribution in [2.75, 3.05) is 13.7 Å². The minimum absolute atomic E-state index is 0.113. The lowest BCUT2D eigenvalue weighted by molar-refractivity contribution is 0.237. The van der Waals surface area contributed by atoms with Crippen LogP contribution in [0.25, 0.3) is 0 Å². The predicted molar refractivity (Wildman–Crippen MR) is 105 cm³/mol. The molecule has 1 unspecified atom stereocenters. The highest BCUT2D eigenvalue weighted by molar-refractivity contribution is 9.10. The van der Waals surface area contributed by atoms with E-state index in [1.165, 1.54) is 0 Å². The van der Waals surface area contributed by atoms with Gasteiger partial charge < -0.3 is 20.1 Å². The van der Waals surface area contributed by atoms with Crippen molar-refractivity contribution in [2.45, 2.75) is 19.5 Å². The summed E-state index contributed by atoms with van der Waals surface area (Å²) in [5, 5.41) is 5.75. The smallest absolute Gasteiger partial charge is 0.315 e. The van der Waals surface area contributed by atoms with Crippen molar-refractivity contribution in [1.29, 1.82) is 0 Å². The zero-order valence-electron chi connectivity index (χ0n) is 14.7. The van der Waals surface area contributed by atoms with E-state index >= 15 is 0 Å². The Morgan fingerprint density at radius 3 is 2.77 bits per heavy atom. The van der Waals surface area contributed by atoms with Gasteiger partial charge in [-0.25, -0.2) is 4.79 Å². The van der Waals surface area contributed by atoms with Crippen molar-refractivity contribution >= 4 is 22.0 Å². The van der Waals surface area contributed by atoms with E-state index in [9.17, 15) is 4.79 Å². The molecule has 2 aromatic rings. The molecule has 0 fully saturated rings. The van der Waals surface area contributed by atoms with Crippen LogP contribution in [-0.4, -0.2) is 19.7 Å². The Balaban J connectivity index is 1.93. The normalized spacial score (nSPS) is 11.2. The van der Waals surface area contributed by atoms with Crippen molar-refractivity contribution in [1.82, 2.24) is 10.6 Å². The molecule has 2 aromatic carbocycles. The maximum atomic E-state index is 12.1. The fraction of sp³-hybridized carbons (Fsp3) is 0.250. The Morgan fingerprint density at radius 2 is 2.08 bits per heavy atom. The summed E-state index contributed by atoms with van der Waals surface area (Å²) in [6, 6.07) is 12.9. The van der Waals surface area contributed by atoms with E-state index in [4.69, 9.17) is 15.9 Å². The molecule has 136 valence electrons. The summed E-state index contributed by atoms with van der Waals surface area (Å²) in [4.78, 5) is 12.1. The van der Waals surface area contributed by atoms with Crippen molar-refractivity contribution in [3.05, 3.63) is 58.1 Å². The number of rotatable bonds is 7. The molecule has 2 N–H and O–H groups in total. The third kappa shape index (κ3) is 5.71. The van der Waals surface area contributed by atoms with Gasteiger partial charge in [-0.05, 0) is 42.3 Å². The summed E-state index contributed by atoms with van der Waals surface area (Å²) in [5.74, 6) is 3.56. The molecule has 26 heavy (non-hydrogen) atoms. The first-order valence-electron chi connectivity index (χ1n) is 8.06. The van der Waals surface area contributed by atoms with Gasteiger partial charge in [0.25, 0.3) is 0 Å². The van der Waals surface area contributed by atoms with E-state index in [0.717, 1.165) is 15.6 Å².